The third kappa shape index (κ3) is 5.41. The van der Waals surface area contributed by atoms with Gasteiger partial charge in [-0.05, 0) is 37.0 Å². The molecule has 1 atom stereocenters. The summed E-state index contributed by atoms with van der Waals surface area (Å²) in [5.41, 5.74) is 0.770. The SMILES string of the molecule is CCC1CCCCCC2(CCCCCCC2)CCCC1. The summed E-state index contributed by atoms with van der Waals surface area (Å²) in [4.78, 5) is 0. The first-order valence-corrected chi connectivity index (χ1v) is 9.85. The molecule has 1 spiro atoms. The molecule has 0 bridgehead atoms. The molecule has 0 nitrogen and oxygen atoms in total. The highest BCUT2D eigenvalue weighted by atomic mass is 14.3. The van der Waals surface area contributed by atoms with E-state index in [0.717, 1.165) is 11.3 Å². The smallest absolute Gasteiger partial charge is 0.0297 e. The predicted octanol–water partition coefficient (Wildman–Crippen LogP) is 7.27. The molecule has 0 N–H and O–H groups in total. The summed E-state index contributed by atoms with van der Waals surface area (Å²) < 4.78 is 0. The van der Waals surface area contributed by atoms with Crippen molar-refractivity contribution in [3.63, 3.8) is 0 Å². The zero-order valence-corrected chi connectivity index (χ0v) is 14.1. The van der Waals surface area contributed by atoms with Gasteiger partial charge in [0.15, 0.2) is 0 Å². The van der Waals surface area contributed by atoms with E-state index in [2.05, 4.69) is 6.92 Å². The lowest BCUT2D eigenvalue weighted by atomic mass is 9.70. The Morgan fingerprint density at radius 1 is 0.600 bits per heavy atom. The first kappa shape index (κ1) is 16.4. The van der Waals surface area contributed by atoms with Gasteiger partial charge in [-0.2, -0.15) is 0 Å². The van der Waals surface area contributed by atoms with E-state index >= 15 is 0 Å². The van der Waals surface area contributed by atoms with Crippen LogP contribution in [0.2, 0.25) is 0 Å². The van der Waals surface area contributed by atoms with E-state index in [9.17, 15) is 0 Å². The first-order chi connectivity index (χ1) is 9.85. The third-order valence-corrected chi connectivity index (χ3v) is 6.38. The maximum absolute atomic E-state index is 2.40. The van der Waals surface area contributed by atoms with E-state index in [1.165, 1.54) is 83.5 Å². The Hall–Kier alpha value is 0. The van der Waals surface area contributed by atoms with Crippen LogP contribution >= 0.6 is 0 Å². The van der Waals surface area contributed by atoms with Gasteiger partial charge in [0.25, 0.3) is 0 Å². The van der Waals surface area contributed by atoms with Crippen LogP contribution in [0.4, 0.5) is 0 Å². The van der Waals surface area contributed by atoms with Gasteiger partial charge in [0, 0.05) is 0 Å². The van der Waals surface area contributed by atoms with Gasteiger partial charge in [0.2, 0.25) is 0 Å². The first-order valence-electron chi connectivity index (χ1n) is 9.85. The molecule has 0 aromatic heterocycles. The summed E-state index contributed by atoms with van der Waals surface area (Å²) >= 11 is 0. The Morgan fingerprint density at radius 2 is 1.00 bits per heavy atom. The average Bonchev–Trinajstić information content (AvgIpc) is 2.48. The summed E-state index contributed by atoms with van der Waals surface area (Å²) in [6.07, 6.45) is 25.9. The summed E-state index contributed by atoms with van der Waals surface area (Å²) in [5, 5.41) is 0. The molecule has 0 aromatic rings. The fourth-order valence-electron chi connectivity index (χ4n) is 4.88. The second-order valence-electron chi connectivity index (χ2n) is 7.89. The molecule has 2 aliphatic carbocycles. The van der Waals surface area contributed by atoms with Gasteiger partial charge in [0.1, 0.15) is 0 Å². The molecule has 2 rings (SSSR count). The van der Waals surface area contributed by atoms with E-state index in [-0.39, 0.29) is 0 Å². The largest absolute Gasteiger partial charge is 0.0651 e. The molecule has 0 amide bonds. The van der Waals surface area contributed by atoms with E-state index in [4.69, 9.17) is 0 Å². The Labute approximate surface area is 128 Å². The Balaban J connectivity index is 1.90. The highest BCUT2D eigenvalue weighted by molar-refractivity contribution is 4.81. The maximum Gasteiger partial charge on any atom is -0.0297 e. The van der Waals surface area contributed by atoms with Crippen molar-refractivity contribution < 1.29 is 0 Å². The van der Waals surface area contributed by atoms with Crippen molar-refractivity contribution in [1.29, 1.82) is 0 Å². The molecule has 0 heterocycles. The van der Waals surface area contributed by atoms with Crippen LogP contribution in [-0.4, -0.2) is 0 Å². The van der Waals surface area contributed by atoms with Crippen molar-refractivity contribution in [2.45, 2.75) is 116 Å². The molecule has 0 heteroatoms. The second kappa shape index (κ2) is 9.11. The Morgan fingerprint density at radius 3 is 1.55 bits per heavy atom. The van der Waals surface area contributed by atoms with Crippen molar-refractivity contribution in [3.8, 4) is 0 Å². The minimum Gasteiger partial charge on any atom is -0.0651 e. The zero-order chi connectivity index (χ0) is 14.1. The minimum absolute atomic E-state index is 0.770. The van der Waals surface area contributed by atoms with Crippen molar-refractivity contribution >= 4 is 0 Å². The standard InChI is InChI=1S/C20H38/c1-2-19-13-7-6-11-17-20(18-12-8-14-19)15-9-4-3-5-10-16-20/h19H,2-18H2,1H3. The van der Waals surface area contributed by atoms with Gasteiger partial charge in [-0.15, -0.1) is 0 Å². The summed E-state index contributed by atoms with van der Waals surface area (Å²) in [6.45, 7) is 2.40. The van der Waals surface area contributed by atoms with Gasteiger partial charge >= 0.3 is 0 Å². The van der Waals surface area contributed by atoms with Crippen LogP contribution < -0.4 is 0 Å². The number of hydrogen-bond donors (Lipinski definition) is 0. The van der Waals surface area contributed by atoms with Crippen LogP contribution in [0, 0.1) is 11.3 Å². The fraction of sp³-hybridized carbons (Fsp3) is 1.00. The van der Waals surface area contributed by atoms with Gasteiger partial charge in [-0.3, -0.25) is 0 Å². The Kier molecular flexibility index (Phi) is 7.45. The monoisotopic (exact) mass is 278 g/mol. The van der Waals surface area contributed by atoms with Crippen LogP contribution in [0.5, 0.6) is 0 Å². The second-order valence-corrected chi connectivity index (χ2v) is 7.89. The highest BCUT2D eigenvalue weighted by Crippen LogP contribution is 2.43. The van der Waals surface area contributed by atoms with Crippen LogP contribution in [0.15, 0.2) is 0 Å². The minimum atomic E-state index is 0.770. The summed E-state index contributed by atoms with van der Waals surface area (Å²) in [7, 11) is 0. The highest BCUT2D eigenvalue weighted by Gasteiger charge is 2.29. The lowest BCUT2D eigenvalue weighted by Gasteiger charge is -2.36. The molecule has 0 aliphatic heterocycles. The van der Waals surface area contributed by atoms with Crippen LogP contribution in [0.1, 0.15) is 116 Å². The van der Waals surface area contributed by atoms with Crippen molar-refractivity contribution in [2.24, 2.45) is 11.3 Å². The van der Waals surface area contributed by atoms with Crippen molar-refractivity contribution in [1.82, 2.24) is 0 Å². The topological polar surface area (TPSA) is 0 Å². The normalized spacial score (nSPS) is 30.1. The summed E-state index contributed by atoms with van der Waals surface area (Å²) in [5.74, 6) is 1.04. The quantitative estimate of drug-likeness (QED) is 0.473. The lowest BCUT2D eigenvalue weighted by Crippen LogP contribution is -2.22. The lowest BCUT2D eigenvalue weighted by molar-refractivity contribution is 0.164. The molecule has 2 aliphatic rings. The molecule has 20 heavy (non-hydrogen) atoms. The molecule has 2 fully saturated rings. The van der Waals surface area contributed by atoms with E-state index in [1.807, 2.05) is 0 Å². The molecule has 1 unspecified atom stereocenters. The Bertz CT molecular complexity index is 234. The van der Waals surface area contributed by atoms with Crippen LogP contribution in [0.3, 0.4) is 0 Å². The van der Waals surface area contributed by atoms with E-state index < -0.39 is 0 Å². The number of hydrogen-bond acceptors (Lipinski definition) is 0. The maximum atomic E-state index is 2.40. The average molecular weight is 279 g/mol. The van der Waals surface area contributed by atoms with Crippen molar-refractivity contribution in [2.75, 3.05) is 0 Å². The molecule has 0 aromatic carbocycles. The molecule has 0 radical (unpaired) electrons. The van der Waals surface area contributed by atoms with Crippen molar-refractivity contribution in [3.05, 3.63) is 0 Å². The van der Waals surface area contributed by atoms with Gasteiger partial charge in [-0.1, -0.05) is 90.4 Å². The number of rotatable bonds is 1. The van der Waals surface area contributed by atoms with Gasteiger partial charge in [0.05, 0.1) is 0 Å². The zero-order valence-electron chi connectivity index (χ0n) is 14.1. The third-order valence-electron chi connectivity index (χ3n) is 6.38. The van der Waals surface area contributed by atoms with Crippen LogP contribution in [0.25, 0.3) is 0 Å². The van der Waals surface area contributed by atoms with Gasteiger partial charge < -0.3 is 0 Å². The van der Waals surface area contributed by atoms with E-state index in [1.54, 1.807) is 25.7 Å². The molecular formula is C20H38. The fourth-order valence-corrected chi connectivity index (χ4v) is 4.88. The molecule has 2 saturated carbocycles. The predicted molar refractivity (Wildman–Crippen MR) is 90.1 cm³/mol. The van der Waals surface area contributed by atoms with E-state index in [0.29, 0.717) is 0 Å². The molecule has 118 valence electrons. The summed E-state index contributed by atoms with van der Waals surface area (Å²) in [6, 6.07) is 0. The van der Waals surface area contributed by atoms with Crippen LogP contribution in [-0.2, 0) is 0 Å². The molecular weight excluding hydrogens is 240 g/mol. The van der Waals surface area contributed by atoms with Gasteiger partial charge in [-0.25, -0.2) is 0 Å². The molecule has 0 saturated heterocycles.